The van der Waals surface area contributed by atoms with E-state index in [4.69, 9.17) is 5.73 Å². The molecule has 0 saturated carbocycles. The minimum absolute atomic E-state index is 0.0428. The maximum absolute atomic E-state index is 10.6. The third-order valence-corrected chi connectivity index (χ3v) is 4.38. The van der Waals surface area contributed by atoms with Crippen LogP contribution in [-0.2, 0) is 40.4 Å². The van der Waals surface area contributed by atoms with Crippen molar-refractivity contribution < 1.29 is 40.4 Å². The molecule has 6 heteroatoms. The van der Waals surface area contributed by atoms with E-state index in [1.54, 1.807) is 0 Å². The third kappa shape index (κ3) is 1.91. The molecule has 0 unspecified atom stereocenters. The summed E-state index contributed by atoms with van der Waals surface area (Å²) in [7, 11) is 0. The minimum atomic E-state index is -2.10. The van der Waals surface area contributed by atoms with Crippen LogP contribution in [0.2, 0.25) is 0 Å². The van der Waals surface area contributed by atoms with Crippen LogP contribution < -0.4 is 5.73 Å². The van der Waals surface area contributed by atoms with Crippen molar-refractivity contribution in [2.45, 2.75) is 12.5 Å². The van der Waals surface area contributed by atoms with Gasteiger partial charge in [-0.05, 0) is 0 Å². The van der Waals surface area contributed by atoms with Gasteiger partial charge in [-0.25, -0.2) is 0 Å². The first-order valence-electron chi connectivity index (χ1n) is 2.78. The first-order valence-corrected chi connectivity index (χ1v) is 7.27. The molecule has 1 fully saturated rings. The number of rotatable bonds is 0. The molecule has 0 aromatic rings. The van der Waals surface area contributed by atoms with Crippen LogP contribution in [0, 0.1) is 0 Å². The van der Waals surface area contributed by atoms with Gasteiger partial charge in [0.15, 0.2) is 0 Å². The number of hydrogen-bond donors (Lipinski definition) is 1. The predicted octanol–water partition coefficient (Wildman–Crippen LogP) is -1.28. The Bertz CT molecular complexity index is 171. The van der Waals surface area contributed by atoms with E-state index in [1.807, 2.05) is 0 Å². The van der Waals surface area contributed by atoms with Gasteiger partial charge < -0.3 is 0 Å². The Morgan fingerprint density at radius 1 is 1.50 bits per heavy atom. The van der Waals surface area contributed by atoms with Crippen LogP contribution in [0.3, 0.4) is 0 Å². The Morgan fingerprint density at radius 2 is 2.20 bits per heavy atom. The molecule has 2 N–H and O–H groups in total. The Labute approximate surface area is 70.6 Å². The summed E-state index contributed by atoms with van der Waals surface area (Å²) in [6.45, 7) is 0. The second-order valence-corrected chi connectivity index (χ2v) is 5.07. The van der Waals surface area contributed by atoms with Gasteiger partial charge >= 0.3 is 70.5 Å². The van der Waals surface area contributed by atoms with E-state index in [-0.39, 0.29) is 6.42 Å². The first-order chi connectivity index (χ1) is 4.70. The molecule has 1 atom stereocenters. The second kappa shape index (κ2) is 3.29. The van der Waals surface area contributed by atoms with Crippen molar-refractivity contribution in [3.63, 3.8) is 0 Å². The fourth-order valence-corrected chi connectivity index (χ4v) is 3.06. The number of carbonyl (C=O) groups excluding carboxylic acids is 2. The zero-order valence-corrected chi connectivity index (χ0v) is 10.7. The zero-order valence-electron chi connectivity index (χ0n) is 5.20. The molecular formula is C4H5HgNO4. The Kier molecular flexibility index (Phi) is 2.61. The van der Waals surface area contributed by atoms with Gasteiger partial charge in [-0.2, -0.15) is 0 Å². The summed E-state index contributed by atoms with van der Waals surface area (Å²) in [5.41, 5.74) is 5.23. The van der Waals surface area contributed by atoms with Crippen LogP contribution >= 0.6 is 0 Å². The van der Waals surface area contributed by atoms with Crippen LogP contribution in [0.15, 0.2) is 0 Å². The molecule has 1 heterocycles. The van der Waals surface area contributed by atoms with Crippen molar-refractivity contribution in [1.82, 2.24) is 0 Å². The van der Waals surface area contributed by atoms with Crippen LogP contribution in [0.5, 0.6) is 0 Å². The van der Waals surface area contributed by atoms with Gasteiger partial charge in [-0.1, -0.05) is 0 Å². The van der Waals surface area contributed by atoms with Gasteiger partial charge in [0.05, 0.1) is 0 Å². The monoisotopic (exact) mass is 333 g/mol. The van der Waals surface area contributed by atoms with Crippen molar-refractivity contribution in [3.8, 4) is 0 Å². The normalized spacial score (nSPS) is 25.1. The van der Waals surface area contributed by atoms with E-state index in [0.717, 1.165) is 0 Å². The van der Waals surface area contributed by atoms with E-state index in [2.05, 4.69) is 5.29 Å². The summed E-state index contributed by atoms with van der Waals surface area (Å²) in [6, 6.07) is -0.810. The molecule has 0 spiro atoms. The van der Waals surface area contributed by atoms with Gasteiger partial charge in [-0.3, -0.25) is 0 Å². The van der Waals surface area contributed by atoms with E-state index in [1.165, 1.54) is 0 Å². The average Bonchev–Trinajstić information content (AvgIpc) is 1.96. The first kappa shape index (κ1) is 7.94. The molecule has 1 rings (SSSR count). The molecule has 1 aliphatic rings. The van der Waals surface area contributed by atoms with Gasteiger partial charge in [0.1, 0.15) is 0 Å². The standard InChI is InChI=1S/C4H7NO4.Hg/c5-2(4(8)9)1-3(6)7;/h2H,1,5H2,(H,6,7)(H,8,9);/q;+2/p-2/t2-;/m1./s1. The van der Waals surface area contributed by atoms with Gasteiger partial charge in [-0.15, -0.1) is 0 Å². The summed E-state index contributed by atoms with van der Waals surface area (Å²) in [5.74, 6) is -0.896. The predicted molar refractivity (Wildman–Crippen MR) is 24.8 cm³/mol. The molecule has 0 radical (unpaired) electrons. The third-order valence-electron chi connectivity index (χ3n) is 1.11. The number of nitrogens with two attached hydrogens (primary N) is 1. The molecule has 10 heavy (non-hydrogen) atoms. The average molecular weight is 332 g/mol. The van der Waals surface area contributed by atoms with Gasteiger partial charge in [0, 0.05) is 0 Å². The maximum atomic E-state index is 10.6. The van der Waals surface area contributed by atoms with Gasteiger partial charge in [0.2, 0.25) is 0 Å². The molecule has 0 aromatic carbocycles. The number of carbonyl (C=O) groups is 2. The second-order valence-electron chi connectivity index (χ2n) is 1.91. The molecule has 0 bridgehead atoms. The van der Waals surface area contributed by atoms with Crippen molar-refractivity contribution in [2.75, 3.05) is 0 Å². The van der Waals surface area contributed by atoms with Crippen molar-refractivity contribution in [2.24, 2.45) is 5.73 Å². The topological polar surface area (TPSA) is 78.6 Å². The SMILES string of the molecule is N[C@@H]1CC(=O)[O][Hg][O]C1=O. The van der Waals surface area contributed by atoms with E-state index < -0.39 is 43.5 Å². The zero-order chi connectivity index (χ0) is 7.56. The van der Waals surface area contributed by atoms with Crippen molar-refractivity contribution >= 4 is 11.9 Å². The number of hydrogen-bond acceptors (Lipinski definition) is 5. The molecule has 5 nitrogen and oxygen atoms in total. The van der Waals surface area contributed by atoms with Crippen LogP contribution in [0.25, 0.3) is 0 Å². The molecule has 0 amide bonds. The van der Waals surface area contributed by atoms with E-state index in [9.17, 15) is 9.59 Å². The van der Waals surface area contributed by atoms with Crippen molar-refractivity contribution in [1.29, 1.82) is 0 Å². The fraction of sp³-hybridized carbons (Fsp3) is 0.500. The molecule has 1 aliphatic heterocycles. The quantitative estimate of drug-likeness (QED) is 0.559. The summed E-state index contributed by atoms with van der Waals surface area (Å²) >= 11 is -2.10. The molecule has 52 valence electrons. The molecule has 1 saturated heterocycles. The van der Waals surface area contributed by atoms with Gasteiger partial charge in [0.25, 0.3) is 0 Å². The van der Waals surface area contributed by atoms with E-state index >= 15 is 0 Å². The summed E-state index contributed by atoms with van der Waals surface area (Å²) in [4.78, 5) is 21.2. The molecule has 0 aliphatic carbocycles. The van der Waals surface area contributed by atoms with Crippen LogP contribution in [0.1, 0.15) is 6.42 Å². The Morgan fingerprint density at radius 3 is 2.90 bits per heavy atom. The summed E-state index contributed by atoms with van der Waals surface area (Å²) in [5, 5.41) is 0. The molecular weight excluding hydrogens is 327 g/mol. The van der Waals surface area contributed by atoms with E-state index in [0.29, 0.717) is 0 Å². The van der Waals surface area contributed by atoms with Crippen LogP contribution in [0.4, 0.5) is 0 Å². The molecule has 0 aromatic heterocycles. The van der Waals surface area contributed by atoms with Crippen LogP contribution in [-0.4, -0.2) is 18.0 Å². The Hall–Kier alpha value is -0.165. The fourth-order valence-electron chi connectivity index (χ4n) is 0.582. The summed E-state index contributed by atoms with van der Waals surface area (Å²) < 4.78 is 9.20. The summed E-state index contributed by atoms with van der Waals surface area (Å²) in [6.07, 6.45) is -0.0428. The van der Waals surface area contributed by atoms with Crippen molar-refractivity contribution in [3.05, 3.63) is 0 Å². The Balaban J connectivity index is 2.57.